The Balaban J connectivity index is 2.43. The molecule has 0 bridgehead atoms. The molecule has 20 heavy (non-hydrogen) atoms. The highest BCUT2D eigenvalue weighted by Gasteiger charge is 2.31. The molecule has 0 aliphatic carbocycles. The molecular weight excluding hydrogens is 254 g/mol. The van der Waals surface area contributed by atoms with Crippen LogP contribution in [0, 0.1) is 0 Å². The van der Waals surface area contributed by atoms with Gasteiger partial charge in [0.25, 0.3) is 0 Å². The second-order valence-electron chi connectivity index (χ2n) is 6.19. The van der Waals surface area contributed by atoms with E-state index in [2.05, 4.69) is 36.1 Å². The molecule has 6 heteroatoms. The third-order valence-corrected chi connectivity index (χ3v) is 3.52. The first kappa shape index (κ1) is 14.6. The van der Waals surface area contributed by atoms with Crippen molar-refractivity contribution in [3.63, 3.8) is 0 Å². The molecule has 6 nitrogen and oxygen atoms in total. The maximum Gasteiger partial charge on any atom is 0.240 e. The number of nitrogens with one attached hydrogen (secondary N) is 1. The Hall–Kier alpha value is -1.85. The summed E-state index contributed by atoms with van der Waals surface area (Å²) in [6.45, 7) is 7.01. The van der Waals surface area contributed by atoms with Gasteiger partial charge in [0.2, 0.25) is 5.91 Å². The monoisotopic (exact) mass is 277 g/mol. The van der Waals surface area contributed by atoms with E-state index in [1.807, 2.05) is 18.0 Å². The fraction of sp³-hybridized carbons (Fsp3) is 0.643. The number of nitrogens with two attached hydrogens (primary N) is 1. The van der Waals surface area contributed by atoms with E-state index >= 15 is 0 Å². The molecule has 3 N–H and O–H groups in total. The quantitative estimate of drug-likeness (QED) is 0.869. The first-order chi connectivity index (χ1) is 9.32. The molecule has 0 spiro atoms. The van der Waals surface area contributed by atoms with E-state index in [0.29, 0.717) is 0 Å². The first-order valence-corrected chi connectivity index (χ1v) is 6.96. The van der Waals surface area contributed by atoms with Crippen LogP contribution in [0.25, 0.3) is 0 Å². The lowest BCUT2D eigenvalue weighted by Crippen LogP contribution is -2.41. The second-order valence-corrected chi connectivity index (χ2v) is 6.19. The summed E-state index contributed by atoms with van der Waals surface area (Å²) < 4.78 is 0. The van der Waals surface area contributed by atoms with Crippen molar-refractivity contribution in [3.8, 4) is 0 Å². The Morgan fingerprint density at radius 2 is 2.15 bits per heavy atom. The van der Waals surface area contributed by atoms with Gasteiger partial charge >= 0.3 is 0 Å². The topological polar surface area (TPSA) is 84.1 Å². The summed E-state index contributed by atoms with van der Waals surface area (Å²) in [7, 11) is 1.83. The fourth-order valence-corrected chi connectivity index (χ4v) is 2.38. The standard InChI is InChI=1S/C14H23N5O/c1-14(2,3)13-17-10(16-4)8-11(18-13)19-7-5-6-9(19)12(15)20/h8-9H,5-7H2,1-4H3,(H2,15,20)(H,16,17,18). The summed E-state index contributed by atoms with van der Waals surface area (Å²) in [6.07, 6.45) is 1.75. The highest BCUT2D eigenvalue weighted by atomic mass is 16.1. The second kappa shape index (κ2) is 5.26. The minimum absolute atomic E-state index is 0.149. The number of anilines is 2. The maximum atomic E-state index is 11.5. The van der Waals surface area contributed by atoms with Crippen molar-refractivity contribution in [2.75, 3.05) is 23.8 Å². The van der Waals surface area contributed by atoms with E-state index < -0.39 is 0 Å². The molecule has 1 aliphatic rings. The van der Waals surface area contributed by atoms with Crippen LogP contribution in [0.5, 0.6) is 0 Å². The zero-order valence-corrected chi connectivity index (χ0v) is 12.6. The van der Waals surface area contributed by atoms with Gasteiger partial charge in [0, 0.05) is 25.1 Å². The molecule has 0 saturated carbocycles. The van der Waals surface area contributed by atoms with Crippen molar-refractivity contribution in [2.45, 2.75) is 45.1 Å². The molecule has 1 aromatic rings. The van der Waals surface area contributed by atoms with Gasteiger partial charge in [-0.3, -0.25) is 4.79 Å². The van der Waals surface area contributed by atoms with Crippen LogP contribution in [0.2, 0.25) is 0 Å². The van der Waals surface area contributed by atoms with Gasteiger partial charge < -0.3 is 16.0 Å². The number of carbonyl (C=O) groups excluding carboxylic acids is 1. The Bertz CT molecular complexity index is 509. The molecule has 1 aromatic heterocycles. The predicted molar refractivity (Wildman–Crippen MR) is 79.8 cm³/mol. The minimum atomic E-state index is -0.288. The summed E-state index contributed by atoms with van der Waals surface area (Å²) in [5.41, 5.74) is 5.33. The van der Waals surface area contributed by atoms with Crippen LogP contribution in [0.3, 0.4) is 0 Å². The van der Waals surface area contributed by atoms with Crippen molar-refractivity contribution in [3.05, 3.63) is 11.9 Å². The zero-order chi connectivity index (χ0) is 14.9. The largest absolute Gasteiger partial charge is 0.373 e. The predicted octanol–water partition coefficient (Wildman–Crippen LogP) is 1.27. The Morgan fingerprint density at radius 1 is 1.45 bits per heavy atom. The number of rotatable bonds is 3. The van der Waals surface area contributed by atoms with Crippen LogP contribution in [0.4, 0.5) is 11.6 Å². The SMILES string of the molecule is CNc1cc(N2CCCC2C(N)=O)nc(C(C)(C)C)n1. The third-order valence-electron chi connectivity index (χ3n) is 3.52. The van der Waals surface area contributed by atoms with Crippen LogP contribution in [0.15, 0.2) is 6.07 Å². The summed E-state index contributed by atoms with van der Waals surface area (Å²) in [6, 6.07) is 1.61. The van der Waals surface area contributed by atoms with Crippen LogP contribution in [0.1, 0.15) is 39.4 Å². The third kappa shape index (κ3) is 2.84. The molecule has 1 amide bonds. The van der Waals surface area contributed by atoms with Crippen molar-refractivity contribution in [1.29, 1.82) is 0 Å². The molecule has 0 radical (unpaired) electrons. The minimum Gasteiger partial charge on any atom is -0.373 e. The van der Waals surface area contributed by atoms with E-state index in [1.165, 1.54) is 0 Å². The average molecular weight is 277 g/mol. The molecule has 1 fully saturated rings. The Kier molecular flexibility index (Phi) is 3.83. The zero-order valence-electron chi connectivity index (χ0n) is 12.6. The molecule has 1 atom stereocenters. The Labute approximate surface area is 119 Å². The van der Waals surface area contributed by atoms with Crippen LogP contribution < -0.4 is 16.0 Å². The van der Waals surface area contributed by atoms with Gasteiger partial charge in [0.15, 0.2) is 0 Å². The number of hydrogen-bond acceptors (Lipinski definition) is 5. The number of nitrogens with zero attached hydrogens (tertiary/aromatic N) is 3. The first-order valence-electron chi connectivity index (χ1n) is 6.96. The summed E-state index contributed by atoms with van der Waals surface area (Å²) in [4.78, 5) is 22.7. The summed E-state index contributed by atoms with van der Waals surface area (Å²) in [5.74, 6) is 2.00. The summed E-state index contributed by atoms with van der Waals surface area (Å²) in [5, 5.41) is 3.05. The van der Waals surface area contributed by atoms with Gasteiger partial charge in [-0.25, -0.2) is 9.97 Å². The van der Waals surface area contributed by atoms with E-state index in [4.69, 9.17) is 5.73 Å². The number of carbonyl (C=O) groups is 1. The lowest BCUT2D eigenvalue weighted by Gasteiger charge is -2.26. The fourth-order valence-electron chi connectivity index (χ4n) is 2.38. The van der Waals surface area contributed by atoms with Crippen molar-refractivity contribution in [1.82, 2.24) is 9.97 Å². The Morgan fingerprint density at radius 3 is 2.70 bits per heavy atom. The summed E-state index contributed by atoms with van der Waals surface area (Å²) >= 11 is 0. The number of aromatic nitrogens is 2. The number of primary amides is 1. The molecule has 1 saturated heterocycles. The molecule has 1 unspecified atom stereocenters. The van der Waals surface area contributed by atoms with Gasteiger partial charge in [-0.15, -0.1) is 0 Å². The van der Waals surface area contributed by atoms with Crippen LogP contribution in [-0.2, 0) is 10.2 Å². The lowest BCUT2D eigenvalue weighted by atomic mass is 9.96. The van der Waals surface area contributed by atoms with Crippen LogP contribution in [-0.4, -0.2) is 35.5 Å². The van der Waals surface area contributed by atoms with Gasteiger partial charge in [-0.2, -0.15) is 0 Å². The van der Waals surface area contributed by atoms with Crippen molar-refractivity contribution in [2.24, 2.45) is 5.73 Å². The maximum absolute atomic E-state index is 11.5. The molecule has 110 valence electrons. The van der Waals surface area contributed by atoms with Gasteiger partial charge in [0.1, 0.15) is 23.5 Å². The van der Waals surface area contributed by atoms with Crippen molar-refractivity contribution >= 4 is 17.5 Å². The van der Waals surface area contributed by atoms with E-state index in [9.17, 15) is 4.79 Å². The van der Waals surface area contributed by atoms with Crippen molar-refractivity contribution < 1.29 is 4.79 Å². The van der Waals surface area contributed by atoms with E-state index in [1.54, 1.807) is 0 Å². The molecule has 0 aromatic carbocycles. The van der Waals surface area contributed by atoms with E-state index in [0.717, 1.165) is 36.8 Å². The molecule has 2 heterocycles. The molecule has 2 rings (SSSR count). The van der Waals surface area contributed by atoms with Gasteiger partial charge in [-0.05, 0) is 12.8 Å². The lowest BCUT2D eigenvalue weighted by molar-refractivity contribution is -0.119. The van der Waals surface area contributed by atoms with Gasteiger partial charge in [0.05, 0.1) is 0 Å². The average Bonchev–Trinajstić information content (AvgIpc) is 2.86. The normalized spacial score (nSPS) is 19.2. The number of amides is 1. The highest BCUT2D eigenvalue weighted by Crippen LogP contribution is 2.28. The smallest absolute Gasteiger partial charge is 0.240 e. The van der Waals surface area contributed by atoms with Crippen LogP contribution >= 0.6 is 0 Å². The highest BCUT2D eigenvalue weighted by molar-refractivity contribution is 5.84. The van der Waals surface area contributed by atoms with E-state index in [-0.39, 0.29) is 17.4 Å². The number of hydrogen-bond donors (Lipinski definition) is 2. The molecular formula is C14H23N5O. The van der Waals surface area contributed by atoms with Gasteiger partial charge in [-0.1, -0.05) is 20.8 Å². The molecule has 1 aliphatic heterocycles.